The van der Waals surface area contributed by atoms with E-state index in [1.807, 2.05) is 13.1 Å². The van der Waals surface area contributed by atoms with Crippen molar-refractivity contribution in [2.24, 2.45) is 13.0 Å². The molecule has 0 radical (unpaired) electrons. The Balaban J connectivity index is 1.38. The van der Waals surface area contributed by atoms with Gasteiger partial charge in [-0.2, -0.15) is 5.10 Å². The topological polar surface area (TPSA) is 80.7 Å². The van der Waals surface area contributed by atoms with Crippen molar-refractivity contribution in [2.75, 3.05) is 13.2 Å². The molecule has 0 bridgehead atoms. The Morgan fingerprint density at radius 3 is 3.21 bits per heavy atom. The number of hydrogen-bond donors (Lipinski definition) is 2. The number of H-pyrrole nitrogens is 1. The van der Waals surface area contributed by atoms with Crippen LogP contribution in [0.4, 0.5) is 0 Å². The van der Waals surface area contributed by atoms with Gasteiger partial charge in [0.25, 0.3) is 0 Å². The lowest BCUT2D eigenvalue weighted by molar-refractivity contribution is -0.0303. The summed E-state index contributed by atoms with van der Waals surface area (Å²) < 4.78 is 7.76. The fourth-order valence-electron chi connectivity index (χ4n) is 3.42. The Hall–Kier alpha value is -2.25. The minimum Gasteiger partial charge on any atom is -0.372 e. The molecule has 7 nitrogen and oxygen atoms in total. The third-order valence-electron chi connectivity index (χ3n) is 4.68. The Bertz CT molecular complexity index is 797. The monoisotopic (exact) mass is 326 g/mol. The first-order valence-corrected chi connectivity index (χ1v) is 8.41. The van der Waals surface area contributed by atoms with Gasteiger partial charge in [0, 0.05) is 38.9 Å². The van der Waals surface area contributed by atoms with Crippen molar-refractivity contribution in [3.05, 3.63) is 41.7 Å². The average Bonchev–Trinajstić information content (AvgIpc) is 3.26. The molecule has 0 aliphatic carbocycles. The highest BCUT2D eigenvalue weighted by Crippen LogP contribution is 2.32. The van der Waals surface area contributed by atoms with Gasteiger partial charge in [-0.25, -0.2) is 4.68 Å². The predicted molar refractivity (Wildman–Crippen MR) is 90.2 cm³/mol. The van der Waals surface area contributed by atoms with Crippen molar-refractivity contribution in [1.29, 1.82) is 0 Å². The summed E-state index contributed by atoms with van der Waals surface area (Å²) in [6, 6.07) is 8.30. The van der Waals surface area contributed by atoms with Crippen molar-refractivity contribution >= 4 is 11.0 Å². The molecule has 1 aromatic carbocycles. The normalized spacial score (nSPS) is 21.4. The van der Waals surface area contributed by atoms with Gasteiger partial charge in [0.15, 0.2) is 0 Å². The Labute approximate surface area is 140 Å². The third kappa shape index (κ3) is 3.05. The van der Waals surface area contributed by atoms with Gasteiger partial charge in [0.05, 0.1) is 11.2 Å². The lowest BCUT2D eigenvalue weighted by atomic mass is 9.92. The number of hydrogen-bond acceptors (Lipinski definition) is 5. The average molecular weight is 326 g/mol. The summed E-state index contributed by atoms with van der Waals surface area (Å²) in [5.41, 5.74) is 4.28. The first-order valence-electron chi connectivity index (χ1n) is 8.41. The number of fused-ring (bicyclic) bond motifs is 1. The van der Waals surface area contributed by atoms with E-state index in [0.717, 1.165) is 42.8 Å². The molecule has 1 saturated heterocycles. The van der Waals surface area contributed by atoms with Crippen LogP contribution in [-0.2, 0) is 18.3 Å². The highest BCUT2D eigenvalue weighted by atomic mass is 16.5. The van der Waals surface area contributed by atoms with Crippen molar-refractivity contribution in [3.63, 3.8) is 0 Å². The van der Waals surface area contributed by atoms with Crippen LogP contribution in [0, 0.1) is 5.92 Å². The zero-order valence-electron chi connectivity index (χ0n) is 13.8. The van der Waals surface area contributed by atoms with E-state index < -0.39 is 0 Å². The van der Waals surface area contributed by atoms with Gasteiger partial charge in [-0.05, 0) is 36.6 Å². The molecule has 0 spiro atoms. The first kappa shape index (κ1) is 15.3. The zero-order chi connectivity index (χ0) is 16.4. The van der Waals surface area contributed by atoms with Crippen LogP contribution in [0.5, 0.6) is 0 Å². The molecule has 24 heavy (non-hydrogen) atoms. The maximum absolute atomic E-state index is 5.97. The van der Waals surface area contributed by atoms with E-state index in [-0.39, 0.29) is 6.10 Å². The molecule has 3 heterocycles. The number of benzene rings is 1. The van der Waals surface area contributed by atoms with Crippen LogP contribution in [0.15, 0.2) is 30.5 Å². The fraction of sp³-hybridized carbons (Fsp3) is 0.471. The molecular weight excluding hydrogens is 304 g/mol. The Morgan fingerprint density at radius 2 is 2.33 bits per heavy atom. The summed E-state index contributed by atoms with van der Waals surface area (Å²) in [5.74, 6) is 0.458. The van der Waals surface area contributed by atoms with Crippen LogP contribution in [0.2, 0.25) is 0 Å². The lowest BCUT2D eigenvalue weighted by Gasteiger charge is -2.31. The SMILES string of the molecule is Cn1nnc2cc(CNC[C@@H]3CCCO[C@H]3c3ccn[nH]3)ccc21. The Morgan fingerprint density at radius 1 is 1.38 bits per heavy atom. The molecular formula is C17H22N6O. The standard InChI is InChI=1S/C17H22N6O/c1-23-16-5-4-12(9-15(16)21-22-23)10-18-11-13-3-2-8-24-17(13)14-6-7-19-20-14/h4-7,9,13,17-18H,2-3,8,10-11H2,1H3,(H,19,20)/t13-,17+/m0/s1. The second-order valence-electron chi connectivity index (χ2n) is 6.37. The summed E-state index contributed by atoms with van der Waals surface area (Å²) in [7, 11) is 1.91. The van der Waals surface area contributed by atoms with Crippen LogP contribution in [0.3, 0.4) is 0 Å². The highest BCUT2D eigenvalue weighted by Gasteiger charge is 2.28. The number of aromatic nitrogens is 5. The van der Waals surface area contributed by atoms with Crippen molar-refractivity contribution in [2.45, 2.75) is 25.5 Å². The molecule has 7 heteroatoms. The van der Waals surface area contributed by atoms with Crippen LogP contribution in [0.25, 0.3) is 11.0 Å². The number of nitrogens with zero attached hydrogens (tertiary/aromatic N) is 4. The molecule has 1 aliphatic heterocycles. The zero-order valence-corrected chi connectivity index (χ0v) is 13.8. The quantitative estimate of drug-likeness (QED) is 0.749. The molecule has 0 unspecified atom stereocenters. The van der Waals surface area contributed by atoms with Crippen molar-refractivity contribution < 1.29 is 4.74 Å². The summed E-state index contributed by atoms with van der Waals surface area (Å²) in [5, 5.41) is 18.9. The van der Waals surface area contributed by atoms with Crippen LogP contribution in [-0.4, -0.2) is 38.3 Å². The van der Waals surface area contributed by atoms with Crippen LogP contribution < -0.4 is 5.32 Å². The summed E-state index contributed by atoms with van der Waals surface area (Å²) in [6.45, 7) is 2.56. The lowest BCUT2D eigenvalue weighted by Crippen LogP contribution is -2.32. The highest BCUT2D eigenvalue weighted by molar-refractivity contribution is 5.74. The molecule has 1 fully saturated rings. The third-order valence-corrected chi connectivity index (χ3v) is 4.68. The van der Waals surface area contributed by atoms with Gasteiger partial charge in [-0.1, -0.05) is 11.3 Å². The molecule has 0 saturated carbocycles. The minimum absolute atomic E-state index is 0.108. The van der Waals surface area contributed by atoms with E-state index in [4.69, 9.17) is 4.74 Å². The maximum atomic E-state index is 5.97. The van der Waals surface area contributed by atoms with E-state index in [9.17, 15) is 0 Å². The van der Waals surface area contributed by atoms with Crippen LogP contribution in [0.1, 0.15) is 30.2 Å². The van der Waals surface area contributed by atoms with Gasteiger partial charge in [-0.3, -0.25) is 5.10 Å². The number of ether oxygens (including phenoxy) is 1. The predicted octanol–water partition coefficient (Wildman–Crippen LogP) is 1.95. The first-order chi connectivity index (χ1) is 11.8. The summed E-state index contributed by atoms with van der Waals surface area (Å²) in [6.07, 6.45) is 4.17. The van der Waals surface area contributed by atoms with Crippen molar-refractivity contribution in [1.82, 2.24) is 30.5 Å². The van der Waals surface area contributed by atoms with Gasteiger partial charge >= 0.3 is 0 Å². The molecule has 3 aromatic rings. The molecule has 4 rings (SSSR count). The fourth-order valence-corrected chi connectivity index (χ4v) is 3.42. The summed E-state index contributed by atoms with van der Waals surface area (Å²) in [4.78, 5) is 0. The molecule has 2 aromatic heterocycles. The minimum atomic E-state index is 0.108. The Kier molecular flexibility index (Phi) is 4.27. The largest absolute Gasteiger partial charge is 0.372 e. The van der Waals surface area contributed by atoms with Gasteiger partial charge < -0.3 is 10.1 Å². The van der Waals surface area contributed by atoms with Gasteiger partial charge in [0.2, 0.25) is 0 Å². The second kappa shape index (κ2) is 6.70. The smallest absolute Gasteiger partial charge is 0.113 e. The molecule has 126 valence electrons. The number of rotatable bonds is 5. The van der Waals surface area contributed by atoms with Crippen LogP contribution >= 0.6 is 0 Å². The molecule has 2 atom stereocenters. The van der Waals surface area contributed by atoms with E-state index in [1.54, 1.807) is 10.9 Å². The van der Waals surface area contributed by atoms with E-state index in [0.29, 0.717) is 5.92 Å². The van der Waals surface area contributed by atoms with Gasteiger partial charge in [-0.15, -0.1) is 5.10 Å². The van der Waals surface area contributed by atoms with E-state index in [1.165, 1.54) is 12.0 Å². The molecule has 0 amide bonds. The number of aryl methyl sites for hydroxylation is 1. The van der Waals surface area contributed by atoms with Gasteiger partial charge in [0.1, 0.15) is 11.6 Å². The maximum Gasteiger partial charge on any atom is 0.113 e. The molecule has 1 aliphatic rings. The number of aromatic amines is 1. The molecule has 2 N–H and O–H groups in total. The van der Waals surface area contributed by atoms with E-state index in [2.05, 4.69) is 44.0 Å². The van der Waals surface area contributed by atoms with E-state index >= 15 is 0 Å². The second-order valence-corrected chi connectivity index (χ2v) is 6.37. The summed E-state index contributed by atoms with van der Waals surface area (Å²) >= 11 is 0. The number of nitrogens with one attached hydrogen (secondary N) is 2. The van der Waals surface area contributed by atoms with Crippen molar-refractivity contribution in [3.8, 4) is 0 Å².